The minimum atomic E-state index is -0.647. The predicted molar refractivity (Wildman–Crippen MR) is 67.4 cm³/mol. The lowest BCUT2D eigenvalue weighted by Gasteiger charge is -2.29. The van der Waals surface area contributed by atoms with Gasteiger partial charge < -0.3 is 15.8 Å². The van der Waals surface area contributed by atoms with Crippen LogP contribution in [0, 0.1) is 17.6 Å². The number of hydrogen-bond donors (Lipinski definition) is 2. The second kappa shape index (κ2) is 5.52. The summed E-state index contributed by atoms with van der Waals surface area (Å²) < 4.78 is 32.5. The van der Waals surface area contributed by atoms with E-state index in [1.54, 1.807) is 0 Å². The lowest BCUT2D eigenvalue weighted by atomic mass is 9.93. The van der Waals surface area contributed by atoms with Crippen LogP contribution in [0.2, 0.25) is 0 Å². The normalized spacial score (nSPS) is 18.6. The fourth-order valence-electron chi connectivity index (χ4n) is 2.29. The quantitative estimate of drug-likeness (QED) is 0.817. The van der Waals surface area contributed by atoms with Crippen LogP contribution in [0.25, 0.3) is 0 Å². The molecule has 0 amide bonds. The molecule has 2 rings (SSSR count). The highest BCUT2D eigenvalue weighted by Gasteiger charge is 2.22. The molecule has 5 heteroatoms. The Morgan fingerprint density at radius 2 is 1.83 bits per heavy atom. The van der Waals surface area contributed by atoms with Crippen molar-refractivity contribution in [1.82, 2.24) is 0 Å². The zero-order valence-electron chi connectivity index (χ0n) is 10.4. The van der Waals surface area contributed by atoms with Gasteiger partial charge >= 0.3 is 0 Å². The number of ether oxygens (including phenoxy) is 1. The van der Waals surface area contributed by atoms with E-state index in [4.69, 9.17) is 10.5 Å². The van der Waals surface area contributed by atoms with Crippen LogP contribution in [0.1, 0.15) is 19.8 Å². The molecule has 1 aromatic rings. The summed E-state index contributed by atoms with van der Waals surface area (Å²) in [6, 6.07) is 2.26. The molecule has 0 saturated carbocycles. The van der Waals surface area contributed by atoms with E-state index >= 15 is 0 Å². The lowest BCUT2D eigenvalue weighted by molar-refractivity contribution is 0.0622. The Balaban J connectivity index is 2.08. The van der Waals surface area contributed by atoms with Crippen LogP contribution in [0.3, 0.4) is 0 Å². The zero-order valence-corrected chi connectivity index (χ0v) is 10.4. The molecular weight excluding hydrogens is 238 g/mol. The van der Waals surface area contributed by atoms with Crippen molar-refractivity contribution in [2.45, 2.75) is 25.8 Å². The molecule has 1 aliphatic rings. The molecule has 1 heterocycles. The third-order valence-corrected chi connectivity index (χ3v) is 3.41. The molecule has 18 heavy (non-hydrogen) atoms. The van der Waals surface area contributed by atoms with Gasteiger partial charge in [-0.1, -0.05) is 0 Å². The number of nitrogens with two attached hydrogens (primary N) is 1. The van der Waals surface area contributed by atoms with Crippen molar-refractivity contribution >= 4 is 11.4 Å². The Bertz CT molecular complexity index is 396. The molecule has 0 aliphatic carbocycles. The van der Waals surface area contributed by atoms with Crippen LogP contribution >= 0.6 is 0 Å². The highest BCUT2D eigenvalue weighted by Crippen LogP contribution is 2.26. The molecule has 0 spiro atoms. The van der Waals surface area contributed by atoms with Crippen LogP contribution < -0.4 is 11.1 Å². The monoisotopic (exact) mass is 256 g/mol. The first-order chi connectivity index (χ1) is 8.58. The molecule has 1 unspecified atom stereocenters. The predicted octanol–water partition coefficient (Wildman–Crippen LogP) is 2.77. The van der Waals surface area contributed by atoms with Crippen molar-refractivity contribution < 1.29 is 13.5 Å². The van der Waals surface area contributed by atoms with Crippen molar-refractivity contribution in [1.29, 1.82) is 0 Å². The SMILES string of the molecule is CC(Nc1c(F)cc(N)cc1F)C1CCOCC1. The first kappa shape index (κ1) is 13.1. The standard InChI is InChI=1S/C13H18F2N2O/c1-8(9-2-4-18-5-3-9)17-13-11(14)6-10(16)7-12(13)15/h6-9,17H,2-5,16H2,1H3. The number of anilines is 2. The van der Waals surface area contributed by atoms with Gasteiger partial charge in [0.25, 0.3) is 0 Å². The molecule has 0 aromatic heterocycles. The van der Waals surface area contributed by atoms with Crippen LogP contribution in [0.5, 0.6) is 0 Å². The summed E-state index contributed by atoms with van der Waals surface area (Å²) >= 11 is 0. The van der Waals surface area contributed by atoms with Gasteiger partial charge in [-0.3, -0.25) is 0 Å². The van der Waals surface area contributed by atoms with Crippen LogP contribution in [0.4, 0.5) is 20.2 Å². The fraction of sp³-hybridized carbons (Fsp3) is 0.538. The molecule has 1 atom stereocenters. The second-order valence-corrected chi connectivity index (χ2v) is 4.74. The maximum atomic E-state index is 13.6. The Labute approximate surface area is 105 Å². The van der Waals surface area contributed by atoms with Crippen molar-refractivity contribution in [2.75, 3.05) is 24.3 Å². The van der Waals surface area contributed by atoms with Crippen LogP contribution in [-0.4, -0.2) is 19.3 Å². The third kappa shape index (κ3) is 2.90. The minimum Gasteiger partial charge on any atom is -0.399 e. The molecule has 0 bridgehead atoms. The van der Waals surface area contributed by atoms with E-state index < -0.39 is 11.6 Å². The summed E-state index contributed by atoms with van der Waals surface area (Å²) in [5.74, 6) is -0.923. The number of hydrogen-bond acceptors (Lipinski definition) is 3. The van der Waals surface area contributed by atoms with E-state index in [9.17, 15) is 8.78 Å². The number of benzene rings is 1. The van der Waals surface area contributed by atoms with E-state index in [-0.39, 0.29) is 17.4 Å². The molecule has 3 N–H and O–H groups in total. The summed E-state index contributed by atoms with van der Waals surface area (Å²) in [7, 11) is 0. The Morgan fingerprint density at radius 3 is 2.39 bits per heavy atom. The smallest absolute Gasteiger partial charge is 0.151 e. The fourth-order valence-corrected chi connectivity index (χ4v) is 2.29. The second-order valence-electron chi connectivity index (χ2n) is 4.74. The van der Waals surface area contributed by atoms with E-state index in [0.717, 1.165) is 25.0 Å². The van der Waals surface area contributed by atoms with Gasteiger partial charge in [-0.2, -0.15) is 0 Å². The average Bonchev–Trinajstić information content (AvgIpc) is 2.34. The third-order valence-electron chi connectivity index (χ3n) is 3.41. The Morgan fingerprint density at radius 1 is 1.28 bits per heavy atom. The van der Waals surface area contributed by atoms with Gasteiger partial charge in [0, 0.05) is 24.9 Å². The van der Waals surface area contributed by atoms with Gasteiger partial charge in [0.05, 0.1) is 0 Å². The van der Waals surface area contributed by atoms with Crippen LogP contribution in [-0.2, 0) is 4.74 Å². The van der Waals surface area contributed by atoms with Crippen molar-refractivity contribution in [3.63, 3.8) is 0 Å². The summed E-state index contributed by atoms with van der Waals surface area (Å²) in [6.07, 6.45) is 1.82. The first-order valence-corrected chi connectivity index (χ1v) is 6.16. The number of rotatable bonds is 3. The minimum absolute atomic E-state index is 0.00141. The number of halogens is 2. The lowest BCUT2D eigenvalue weighted by Crippen LogP contribution is -2.31. The maximum absolute atomic E-state index is 13.6. The molecule has 1 aromatic carbocycles. The van der Waals surface area contributed by atoms with Gasteiger partial charge in [-0.05, 0) is 37.8 Å². The molecule has 1 fully saturated rings. The van der Waals surface area contributed by atoms with Crippen molar-refractivity contribution in [2.24, 2.45) is 5.92 Å². The topological polar surface area (TPSA) is 47.3 Å². The van der Waals surface area contributed by atoms with Crippen molar-refractivity contribution in [3.05, 3.63) is 23.8 Å². The molecule has 1 saturated heterocycles. The first-order valence-electron chi connectivity index (χ1n) is 6.16. The van der Waals surface area contributed by atoms with Gasteiger partial charge in [-0.15, -0.1) is 0 Å². The Kier molecular flexibility index (Phi) is 4.01. The molecular formula is C13H18F2N2O. The summed E-state index contributed by atoms with van der Waals surface area (Å²) in [5, 5.41) is 2.91. The Hall–Kier alpha value is -1.36. The number of nitrogen functional groups attached to an aromatic ring is 1. The largest absolute Gasteiger partial charge is 0.399 e. The summed E-state index contributed by atoms with van der Waals surface area (Å²) in [4.78, 5) is 0. The highest BCUT2D eigenvalue weighted by molar-refractivity contribution is 5.54. The summed E-state index contributed by atoms with van der Waals surface area (Å²) in [5.41, 5.74) is 5.38. The van der Waals surface area contributed by atoms with Crippen LogP contribution in [0.15, 0.2) is 12.1 Å². The van der Waals surface area contributed by atoms with Gasteiger partial charge in [0.2, 0.25) is 0 Å². The maximum Gasteiger partial charge on any atom is 0.151 e. The summed E-state index contributed by atoms with van der Waals surface area (Å²) in [6.45, 7) is 3.36. The molecule has 1 aliphatic heterocycles. The molecule has 0 radical (unpaired) electrons. The van der Waals surface area contributed by atoms with Gasteiger partial charge in [-0.25, -0.2) is 8.78 Å². The van der Waals surface area contributed by atoms with E-state index in [2.05, 4.69) is 5.32 Å². The van der Waals surface area contributed by atoms with E-state index in [1.165, 1.54) is 0 Å². The molecule has 100 valence electrons. The average molecular weight is 256 g/mol. The zero-order chi connectivity index (χ0) is 13.1. The van der Waals surface area contributed by atoms with Gasteiger partial charge in [0.1, 0.15) is 5.69 Å². The molecule has 3 nitrogen and oxygen atoms in total. The van der Waals surface area contributed by atoms with Crippen molar-refractivity contribution in [3.8, 4) is 0 Å². The van der Waals surface area contributed by atoms with Gasteiger partial charge in [0.15, 0.2) is 11.6 Å². The highest BCUT2D eigenvalue weighted by atomic mass is 19.1. The number of nitrogens with one attached hydrogen (secondary N) is 1. The van der Waals surface area contributed by atoms with E-state index in [1.807, 2.05) is 6.92 Å². The van der Waals surface area contributed by atoms with E-state index in [0.29, 0.717) is 19.1 Å².